The maximum absolute atomic E-state index is 3.60. The molecular formula is C18H22BrN. The molecule has 0 aliphatic carbocycles. The molecule has 106 valence electrons. The van der Waals surface area contributed by atoms with Crippen LogP contribution in [0, 0.1) is 0 Å². The summed E-state index contributed by atoms with van der Waals surface area (Å²) in [6.07, 6.45) is 3.40. The van der Waals surface area contributed by atoms with E-state index in [2.05, 4.69) is 82.8 Å². The molecule has 1 unspecified atom stereocenters. The van der Waals surface area contributed by atoms with Crippen molar-refractivity contribution in [1.29, 1.82) is 0 Å². The lowest BCUT2D eigenvalue weighted by Crippen LogP contribution is -2.31. The molecule has 0 fully saturated rings. The van der Waals surface area contributed by atoms with Gasteiger partial charge in [0.1, 0.15) is 0 Å². The first-order chi connectivity index (χ1) is 9.78. The molecule has 0 spiro atoms. The van der Waals surface area contributed by atoms with Crippen molar-refractivity contribution in [3.8, 4) is 0 Å². The van der Waals surface area contributed by atoms with Gasteiger partial charge in [-0.2, -0.15) is 0 Å². The third-order valence-corrected chi connectivity index (χ3v) is 4.04. The lowest BCUT2D eigenvalue weighted by atomic mass is 9.99. The van der Waals surface area contributed by atoms with Gasteiger partial charge in [-0.15, -0.1) is 0 Å². The van der Waals surface area contributed by atoms with E-state index < -0.39 is 0 Å². The lowest BCUT2D eigenvalue weighted by molar-refractivity contribution is 0.491. The van der Waals surface area contributed by atoms with Crippen LogP contribution < -0.4 is 5.32 Å². The molecule has 1 N–H and O–H groups in total. The summed E-state index contributed by atoms with van der Waals surface area (Å²) in [6.45, 7) is 3.20. The predicted octanol–water partition coefficient (Wildman–Crippen LogP) is 4.60. The fraction of sp³-hybridized carbons (Fsp3) is 0.333. The zero-order valence-corrected chi connectivity index (χ0v) is 13.6. The van der Waals surface area contributed by atoms with Crippen molar-refractivity contribution in [1.82, 2.24) is 5.32 Å². The fourth-order valence-electron chi connectivity index (χ4n) is 2.46. The molecule has 20 heavy (non-hydrogen) atoms. The van der Waals surface area contributed by atoms with Crippen LogP contribution in [0.5, 0.6) is 0 Å². The van der Waals surface area contributed by atoms with Crippen molar-refractivity contribution >= 4 is 15.9 Å². The van der Waals surface area contributed by atoms with Gasteiger partial charge in [0.25, 0.3) is 0 Å². The van der Waals surface area contributed by atoms with E-state index in [9.17, 15) is 0 Å². The minimum Gasteiger partial charge on any atom is -0.314 e. The van der Waals surface area contributed by atoms with E-state index in [1.807, 2.05) is 0 Å². The Morgan fingerprint density at radius 3 is 2.30 bits per heavy atom. The van der Waals surface area contributed by atoms with Crippen LogP contribution in [0.3, 0.4) is 0 Å². The summed E-state index contributed by atoms with van der Waals surface area (Å²) in [6, 6.07) is 19.9. The van der Waals surface area contributed by atoms with Crippen molar-refractivity contribution < 1.29 is 0 Å². The van der Waals surface area contributed by atoms with E-state index in [0.29, 0.717) is 6.04 Å². The van der Waals surface area contributed by atoms with Crippen LogP contribution in [0.1, 0.15) is 24.5 Å². The monoisotopic (exact) mass is 331 g/mol. The minimum atomic E-state index is 0.543. The average Bonchev–Trinajstić information content (AvgIpc) is 2.48. The van der Waals surface area contributed by atoms with E-state index in [-0.39, 0.29) is 0 Å². The summed E-state index contributed by atoms with van der Waals surface area (Å²) in [4.78, 5) is 0. The molecule has 2 aromatic rings. The number of aryl methyl sites for hydroxylation is 1. The van der Waals surface area contributed by atoms with Gasteiger partial charge in [0, 0.05) is 10.5 Å². The number of nitrogens with one attached hydrogen (secondary N) is 1. The number of benzene rings is 2. The highest BCUT2D eigenvalue weighted by Gasteiger charge is 2.08. The van der Waals surface area contributed by atoms with Crippen molar-refractivity contribution in [2.75, 3.05) is 6.54 Å². The van der Waals surface area contributed by atoms with Crippen LogP contribution in [-0.2, 0) is 12.8 Å². The smallest absolute Gasteiger partial charge is 0.0175 e. The number of hydrogen-bond acceptors (Lipinski definition) is 1. The van der Waals surface area contributed by atoms with Gasteiger partial charge < -0.3 is 5.32 Å². The van der Waals surface area contributed by atoms with Crippen molar-refractivity contribution in [2.45, 2.75) is 32.2 Å². The molecule has 2 rings (SSSR count). The second kappa shape index (κ2) is 8.23. The van der Waals surface area contributed by atoms with Gasteiger partial charge >= 0.3 is 0 Å². The van der Waals surface area contributed by atoms with Gasteiger partial charge in [-0.1, -0.05) is 65.3 Å². The molecule has 0 radical (unpaired) electrons. The topological polar surface area (TPSA) is 12.0 Å². The van der Waals surface area contributed by atoms with Gasteiger partial charge in [-0.25, -0.2) is 0 Å². The van der Waals surface area contributed by atoms with E-state index >= 15 is 0 Å². The Bertz CT molecular complexity index is 493. The normalized spacial score (nSPS) is 12.3. The first-order valence-corrected chi connectivity index (χ1v) is 8.09. The van der Waals surface area contributed by atoms with Gasteiger partial charge in [-0.05, 0) is 49.1 Å². The maximum atomic E-state index is 3.60. The fourth-order valence-corrected chi connectivity index (χ4v) is 2.72. The molecule has 0 bridgehead atoms. The largest absolute Gasteiger partial charge is 0.314 e. The number of hydrogen-bond donors (Lipinski definition) is 1. The number of rotatable bonds is 7. The van der Waals surface area contributed by atoms with Crippen LogP contribution in [0.2, 0.25) is 0 Å². The standard InChI is InChI=1S/C18H22BrN/c1-2-20-18(13-10-15-6-4-3-5-7-15)14-16-8-11-17(19)12-9-16/h3-9,11-12,18,20H,2,10,13-14H2,1H3. The Kier molecular flexibility index (Phi) is 6.28. The summed E-state index contributed by atoms with van der Waals surface area (Å²) in [5, 5.41) is 3.60. The molecule has 2 aromatic carbocycles. The summed E-state index contributed by atoms with van der Waals surface area (Å²) in [7, 11) is 0. The van der Waals surface area contributed by atoms with Crippen LogP contribution >= 0.6 is 15.9 Å². The quantitative estimate of drug-likeness (QED) is 0.781. The molecule has 0 amide bonds. The lowest BCUT2D eigenvalue weighted by Gasteiger charge is -2.18. The molecule has 0 aliphatic rings. The first kappa shape index (κ1) is 15.3. The molecule has 2 heteroatoms. The minimum absolute atomic E-state index is 0.543. The Labute approximate surface area is 130 Å². The van der Waals surface area contributed by atoms with E-state index in [0.717, 1.165) is 23.9 Å². The predicted molar refractivity (Wildman–Crippen MR) is 90.1 cm³/mol. The second-order valence-electron chi connectivity index (χ2n) is 5.11. The van der Waals surface area contributed by atoms with Crippen molar-refractivity contribution in [2.24, 2.45) is 0 Å². The van der Waals surface area contributed by atoms with Gasteiger partial charge in [-0.3, -0.25) is 0 Å². The Balaban J connectivity index is 1.91. The van der Waals surface area contributed by atoms with Crippen molar-refractivity contribution in [3.63, 3.8) is 0 Å². The third-order valence-electron chi connectivity index (χ3n) is 3.51. The Morgan fingerprint density at radius 1 is 0.950 bits per heavy atom. The van der Waals surface area contributed by atoms with E-state index in [1.54, 1.807) is 0 Å². The highest BCUT2D eigenvalue weighted by Crippen LogP contribution is 2.14. The molecule has 0 heterocycles. The first-order valence-electron chi connectivity index (χ1n) is 7.29. The summed E-state index contributed by atoms with van der Waals surface area (Å²) in [5.41, 5.74) is 2.82. The zero-order chi connectivity index (χ0) is 14.2. The number of halogens is 1. The molecule has 1 nitrogen and oxygen atoms in total. The molecule has 0 aromatic heterocycles. The molecule has 1 atom stereocenters. The molecular weight excluding hydrogens is 310 g/mol. The summed E-state index contributed by atoms with van der Waals surface area (Å²) < 4.78 is 1.14. The Morgan fingerprint density at radius 2 is 1.65 bits per heavy atom. The maximum Gasteiger partial charge on any atom is 0.0175 e. The SMILES string of the molecule is CCNC(CCc1ccccc1)Cc1ccc(Br)cc1. The number of likely N-dealkylation sites (N-methyl/N-ethyl adjacent to an activating group) is 1. The molecule has 0 saturated carbocycles. The zero-order valence-electron chi connectivity index (χ0n) is 12.0. The van der Waals surface area contributed by atoms with Crippen LogP contribution in [0.25, 0.3) is 0 Å². The summed E-state index contributed by atoms with van der Waals surface area (Å²) in [5.74, 6) is 0. The molecule has 0 aliphatic heterocycles. The van der Waals surface area contributed by atoms with Gasteiger partial charge in [0.2, 0.25) is 0 Å². The van der Waals surface area contributed by atoms with Crippen molar-refractivity contribution in [3.05, 3.63) is 70.2 Å². The van der Waals surface area contributed by atoms with Gasteiger partial charge in [0.15, 0.2) is 0 Å². The van der Waals surface area contributed by atoms with Gasteiger partial charge in [0.05, 0.1) is 0 Å². The Hall–Kier alpha value is -1.12. The highest BCUT2D eigenvalue weighted by molar-refractivity contribution is 9.10. The van der Waals surface area contributed by atoms with Crippen LogP contribution in [-0.4, -0.2) is 12.6 Å². The highest BCUT2D eigenvalue weighted by atomic mass is 79.9. The van der Waals surface area contributed by atoms with Crippen LogP contribution in [0.4, 0.5) is 0 Å². The average molecular weight is 332 g/mol. The third kappa shape index (κ3) is 5.10. The van der Waals surface area contributed by atoms with E-state index in [1.165, 1.54) is 17.5 Å². The van der Waals surface area contributed by atoms with Crippen LogP contribution in [0.15, 0.2) is 59.1 Å². The second-order valence-corrected chi connectivity index (χ2v) is 6.03. The summed E-state index contributed by atoms with van der Waals surface area (Å²) >= 11 is 3.49. The molecule has 0 saturated heterocycles. The van der Waals surface area contributed by atoms with E-state index in [4.69, 9.17) is 0 Å².